The van der Waals surface area contributed by atoms with Crippen LogP contribution in [0, 0.1) is 13.8 Å². The Morgan fingerprint density at radius 1 is 1.00 bits per heavy atom. The van der Waals surface area contributed by atoms with Gasteiger partial charge in [0.2, 0.25) is 5.91 Å². The van der Waals surface area contributed by atoms with Crippen LogP contribution in [0.4, 0.5) is 16.2 Å². The standard InChI is InChI=1S/C30H31N5O4/c1-4-25-19-6-5-7-21(14-19)34-30(38)39-11-10-23-17(2)12-20(13-18(23)3)27(29(37)35-25)33-22-8-9-26-24(15-22)28(36)32-16-31-26/h5-9,12-16,25,27,33H,4,10-11H2,1-3H3,(H,34,38)(H,35,37)(H,31,32,36)/t25?,27-/m1/s1. The molecule has 0 spiro atoms. The van der Waals surface area contributed by atoms with E-state index in [4.69, 9.17) is 4.74 Å². The van der Waals surface area contributed by atoms with Gasteiger partial charge in [0.15, 0.2) is 0 Å². The molecule has 9 nitrogen and oxygen atoms in total. The lowest BCUT2D eigenvalue weighted by molar-refractivity contribution is -0.122. The number of hydrogen-bond acceptors (Lipinski definition) is 6. The summed E-state index contributed by atoms with van der Waals surface area (Å²) in [5, 5.41) is 9.77. The molecule has 1 unspecified atom stereocenters. The van der Waals surface area contributed by atoms with Gasteiger partial charge in [-0.1, -0.05) is 31.2 Å². The van der Waals surface area contributed by atoms with Crippen molar-refractivity contribution in [2.75, 3.05) is 17.2 Å². The van der Waals surface area contributed by atoms with Crippen LogP contribution in [0.2, 0.25) is 0 Å². The molecule has 200 valence electrons. The highest BCUT2D eigenvalue weighted by atomic mass is 16.5. The number of hydrogen-bond donors (Lipinski definition) is 4. The fourth-order valence-corrected chi connectivity index (χ4v) is 5.12. The Labute approximate surface area is 226 Å². The highest BCUT2D eigenvalue weighted by Gasteiger charge is 2.25. The number of rotatable bonds is 3. The third-order valence-corrected chi connectivity index (χ3v) is 7.11. The maximum Gasteiger partial charge on any atom is 0.411 e. The van der Waals surface area contributed by atoms with Crippen LogP contribution in [0.15, 0.2) is 65.7 Å². The molecule has 2 amide bonds. The number of carbonyl (C=O) groups excluding carboxylic acids is 2. The molecule has 0 radical (unpaired) electrons. The molecule has 2 aliphatic rings. The van der Waals surface area contributed by atoms with Gasteiger partial charge in [-0.05, 0) is 78.4 Å². The average Bonchev–Trinajstić information content (AvgIpc) is 2.91. The summed E-state index contributed by atoms with van der Waals surface area (Å²) in [5.74, 6) is -0.210. The number of amides is 2. The molecule has 0 aliphatic carbocycles. The van der Waals surface area contributed by atoms with Gasteiger partial charge in [0.1, 0.15) is 6.04 Å². The van der Waals surface area contributed by atoms with E-state index < -0.39 is 12.1 Å². The highest BCUT2D eigenvalue weighted by Crippen LogP contribution is 2.28. The molecule has 9 heteroatoms. The van der Waals surface area contributed by atoms with Gasteiger partial charge in [-0.2, -0.15) is 0 Å². The van der Waals surface area contributed by atoms with Crippen molar-refractivity contribution >= 4 is 34.3 Å². The first kappa shape index (κ1) is 26.0. The van der Waals surface area contributed by atoms with Crippen LogP contribution in [-0.4, -0.2) is 28.6 Å². The number of aromatic amines is 1. The Morgan fingerprint density at radius 3 is 2.56 bits per heavy atom. The summed E-state index contributed by atoms with van der Waals surface area (Å²) in [5.41, 5.74) is 6.26. The smallest absolute Gasteiger partial charge is 0.411 e. The van der Waals surface area contributed by atoms with Crippen LogP contribution in [0.1, 0.15) is 53.2 Å². The fraction of sp³-hybridized carbons (Fsp3) is 0.267. The molecular weight excluding hydrogens is 494 g/mol. The highest BCUT2D eigenvalue weighted by molar-refractivity contribution is 5.88. The van der Waals surface area contributed by atoms with Gasteiger partial charge in [-0.15, -0.1) is 0 Å². The van der Waals surface area contributed by atoms with Crippen molar-refractivity contribution in [1.29, 1.82) is 0 Å². The van der Waals surface area contributed by atoms with E-state index in [1.54, 1.807) is 18.2 Å². The van der Waals surface area contributed by atoms with Crippen molar-refractivity contribution in [1.82, 2.24) is 15.3 Å². The maximum atomic E-state index is 13.9. The Hall–Kier alpha value is -4.66. The van der Waals surface area contributed by atoms with E-state index in [1.165, 1.54) is 6.33 Å². The largest absolute Gasteiger partial charge is 0.449 e. The predicted molar refractivity (Wildman–Crippen MR) is 151 cm³/mol. The zero-order valence-corrected chi connectivity index (χ0v) is 22.1. The first-order valence-electron chi connectivity index (χ1n) is 13.0. The van der Waals surface area contributed by atoms with Crippen LogP contribution in [-0.2, 0) is 16.0 Å². The Bertz CT molecular complexity index is 1590. The maximum absolute atomic E-state index is 13.9. The van der Waals surface area contributed by atoms with Crippen molar-refractivity contribution in [2.45, 2.75) is 45.7 Å². The Kier molecular flexibility index (Phi) is 7.31. The third kappa shape index (κ3) is 5.62. The number of nitrogens with one attached hydrogen (secondary N) is 4. The molecule has 0 fully saturated rings. The number of H-pyrrole nitrogens is 1. The summed E-state index contributed by atoms with van der Waals surface area (Å²) >= 11 is 0. The summed E-state index contributed by atoms with van der Waals surface area (Å²) in [6.45, 7) is 6.20. The molecule has 6 rings (SSSR count). The number of nitrogens with zero attached hydrogens (tertiary/aromatic N) is 1. The molecule has 2 atom stereocenters. The molecule has 0 saturated carbocycles. The van der Waals surface area contributed by atoms with E-state index in [-0.39, 0.29) is 24.1 Å². The van der Waals surface area contributed by atoms with Crippen LogP contribution in [0.3, 0.4) is 0 Å². The molecule has 4 aromatic rings. The van der Waals surface area contributed by atoms with E-state index in [0.717, 1.165) is 27.8 Å². The summed E-state index contributed by atoms with van der Waals surface area (Å²) in [4.78, 5) is 45.5. The van der Waals surface area contributed by atoms with Crippen molar-refractivity contribution in [2.24, 2.45) is 0 Å². The van der Waals surface area contributed by atoms with Crippen LogP contribution >= 0.6 is 0 Å². The van der Waals surface area contributed by atoms with E-state index in [9.17, 15) is 14.4 Å². The molecule has 1 aromatic heterocycles. The number of anilines is 2. The van der Waals surface area contributed by atoms with Gasteiger partial charge in [-0.3, -0.25) is 14.9 Å². The van der Waals surface area contributed by atoms with E-state index in [1.807, 2.05) is 57.2 Å². The zero-order chi connectivity index (χ0) is 27.5. The molecule has 4 N–H and O–H groups in total. The summed E-state index contributed by atoms with van der Waals surface area (Å²) < 4.78 is 5.45. The summed E-state index contributed by atoms with van der Waals surface area (Å²) in [7, 11) is 0. The second kappa shape index (κ2) is 11.0. The zero-order valence-electron chi connectivity index (χ0n) is 22.1. The SMILES string of the molecule is CCC1NC(=O)[C@H](Nc2ccc3nc[nH]c(=O)c3c2)c2cc(C)c(c(C)c2)CCOC(=O)Nc2cccc1c2. The summed E-state index contributed by atoms with van der Waals surface area (Å²) in [6.07, 6.45) is 2.04. The first-order chi connectivity index (χ1) is 18.8. The fourth-order valence-electron chi connectivity index (χ4n) is 5.12. The van der Waals surface area contributed by atoms with Crippen LogP contribution in [0.25, 0.3) is 10.9 Å². The minimum absolute atomic E-state index is 0.210. The van der Waals surface area contributed by atoms with Gasteiger partial charge in [0.05, 0.1) is 29.9 Å². The first-order valence-corrected chi connectivity index (χ1v) is 13.0. The Balaban J connectivity index is 1.58. The number of fused-ring (bicyclic) bond motifs is 10. The lowest BCUT2D eigenvalue weighted by Crippen LogP contribution is -2.36. The van der Waals surface area contributed by atoms with Gasteiger partial charge in [-0.25, -0.2) is 9.78 Å². The van der Waals surface area contributed by atoms with Crippen molar-refractivity contribution in [3.8, 4) is 0 Å². The van der Waals surface area contributed by atoms with Crippen molar-refractivity contribution in [3.05, 3.63) is 99.1 Å². The van der Waals surface area contributed by atoms with Crippen molar-refractivity contribution in [3.63, 3.8) is 0 Å². The third-order valence-electron chi connectivity index (χ3n) is 7.11. The lowest BCUT2D eigenvalue weighted by Gasteiger charge is -2.26. The number of carbonyl (C=O) groups is 2. The monoisotopic (exact) mass is 525 g/mol. The number of ether oxygens (including phenoxy) is 1. The van der Waals surface area contributed by atoms with E-state index in [0.29, 0.717) is 35.1 Å². The normalized spacial score (nSPS) is 17.8. The van der Waals surface area contributed by atoms with Gasteiger partial charge < -0.3 is 20.4 Å². The molecule has 3 aromatic carbocycles. The minimum Gasteiger partial charge on any atom is -0.449 e. The molecule has 39 heavy (non-hydrogen) atoms. The van der Waals surface area contributed by atoms with Crippen molar-refractivity contribution < 1.29 is 14.3 Å². The molecule has 2 aliphatic heterocycles. The van der Waals surface area contributed by atoms with Gasteiger partial charge in [0.25, 0.3) is 5.56 Å². The van der Waals surface area contributed by atoms with Crippen LogP contribution < -0.4 is 21.5 Å². The molecule has 4 bridgehead atoms. The number of aromatic nitrogens is 2. The molecule has 0 saturated heterocycles. The topological polar surface area (TPSA) is 125 Å². The second-order valence-electron chi connectivity index (χ2n) is 9.78. The average molecular weight is 526 g/mol. The molecule has 3 heterocycles. The Morgan fingerprint density at radius 2 is 1.79 bits per heavy atom. The van der Waals surface area contributed by atoms with Gasteiger partial charge in [0, 0.05) is 17.8 Å². The van der Waals surface area contributed by atoms with Crippen LogP contribution in [0.5, 0.6) is 0 Å². The summed E-state index contributed by atoms with van der Waals surface area (Å²) in [6, 6.07) is 15.6. The predicted octanol–water partition coefficient (Wildman–Crippen LogP) is 5.07. The van der Waals surface area contributed by atoms with Gasteiger partial charge >= 0.3 is 6.09 Å². The number of benzene rings is 3. The molecular formula is C30H31N5O4. The number of aryl methyl sites for hydroxylation is 2. The minimum atomic E-state index is -0.731. The van der Waals surface area contributed by atoms with E-state index >= 15 is 0 Å². The second-order valence-corrected chi connectivity index (χ2v) is 9.78. The quantitative estimate of drug-likeness (QED) is 0.296. The lowest BCUT2D eigenvalue weighted by atomic mass is 9.93. The van der Waals surface area contributed by atoms with E-state index in [2.05, 4.69) is 25.9 Å².